The molecule has 0 aromatic heterocycles. The molecule has 0 heterocycles. The summed E-state index contributed by atoms with van der Waals surface area (Å²) in [7, 11) is 0. The molecule has 0 amide bonds. The fourth-order valence-electron chi connectivity index (χ4n) is 0.736. The van der Waals surface area contributed by atoms with E-state index in [1.54, 1.807) is 12.1 Å². The van der Waals surface area contributed by atoms with E-state index >= 15 is 0 Å². The molecular weight excluding hydrogens is 230 g/mol. The van der Waals surface area contributed by atoms with Crippen LogP contribution in [0.2, 0.25) is 0 Å². The molecule has 0 aliphatic rings. The Morgan fingerprint density at radius 2 is 2.08 bits per heavy atom. The topological polar surface area (TPSA) is 9.23 Å². The van der Waals surface area contributed by atoms with E-state index in [0.29, 0.717) is 4.47 Å². The van der Waals surface area contributed by atoms with Gasteiger partial charge in [-0.05, 0) is 40.5 Å². The minimum atomic E-state index is -2.79. The van der Waals surface area contributed by atoms with Crippen LogP contribution in [-0.4, -0.2) is 6.61 Å². The Hall–Kier alpha value is -0.640. The maximum Gasteiger partial charge on any atom is 0.387 e. The van der Waals surface area contributed by atoms with Crippen molar-refractivity contribution in [1.82, 2.24) is 0 Å². The summed E-state index contributed by atoms with van der Waals surface area (Å²) in [6.07, 6.45) is 0. The van der Waals surface area contributed by atoms with Crippen molar-refractivity contribution in [3.05, 3.63) is 35.2 Å². The van der Waals surface area contributed by atoms with Crippen LogP contribution in [-0.2, 0) is 0 Å². The predicted molar refractivity (Wildman–Crippen MR) is 45.2 cm³/mol. The molecule has 0 atom stereocenters. The highest BCUT2D eigenvalue weighted by molar-refractivity contribution is 9.10. The monoisotopic (exact) mass is 235 g/mol. The molecule has 0 saturated carbocycles. The molecule has 0 unspecified atom stereocenters. The van der Waals surface area contributed by atoms with Gasteiger partial charge < -0.3 is 4.74 Å². The van der Waals surface area contributed by atoms with Gasteiger partial charge in [0.15, 0.2) is 0 Å². The Morgan fingerprint density at radius 1 is 1.42 bits per heavy atom. The smallest absolute Gasteiger partial charge is 0.387 e. The molecule has 1 aromatic carbocycles. The molecule has 0 fully saturated rings. The molecule has 4 heteroatoms. The van der Waals surface area contributed by atoms with Gasteiger partial charge in [-0.15, -0.1) is 0 Å². The maximum atomic E-state index is 11.7. The van der Waals surface area contributed by atoms with Crippen molar-refractivity contribution in [2.45, 2.75) is 6.61 Å². The number of alkyl halides is 2. The van der Waals surface area contributed by atoms with Gasteiger partial charge >= 0.3 is 6.61 Å². The Labute approximate surface area is 77.5 Å². The summed E-state index contributed by atoms with van der Waals surface area (Å²) < 4.78 is 28.2. The zero-order valence-corrected chi connectivity index (χ0v) is 7.64. The first-order valence-electron chi connectivity index (χ1n) is 3.16. The molecule has 0 aliphatic heterocycles. The Morgan fingerprint density at radius 3 is 2.58 bits per heavy atom. The summed E-state index contributed by atoms with van der Waals surface area (Å²) in [5.74, 6) is 0.123. The van der Waals surface area contributed by atoms with Crippen LogP contribution >= 0.6 is 15.9 Å². The van der Waals surface area contributed by atoms with Crippen molar-refractivity contribution in [1.29, 1.82) is 0 Å². The minimum absolute atomic E-state index is 0.123. The van der Waals surface area contributed by atoms with Crippen LogP contribution in [0.15, 0.2) is 22.7 Å². The molecule has 1 nitrogen and oxygen atoms in total. The molecule has 1 rings (SSSR count). The van der Waals surface area contributed by atoms with Gasteiger partial charge in [0.05, 0.1) is 4.47 Å². The van der Waals surface area contributed by atoms with Gasteiger partial charge in [0.25, 0.3) is 0 Å². The van der Waals surface area contributed by atoms with E-state index < -0.39 is 6.61 Å². The SMILES string of the molecule is [CH2]c1ccc(OC(F)F)c(Br)c1. The number of benzene rings is 1. The third-order valence-electron chi connectivity index (χ3n) is 1.21. The average molecular weight is 236 g/mol. The van der Waals surface area contributed by atoms with Gasteiger partial charge in [-0.25, -0.2) is 0 Å². The lowest BCUT2D eigenvalue weighted by Gasteiger charge is -2.06. The number of hydrogen-bond donors (Lipinski definition) is 0. The molecule has 1 aromatic rings. The second-order valence-corrected chi connectivity index (χ2v) is 3.00. The lowest BCUT2D eigenvalue weighted by molar-refractivity contribution is -0.0503. The summed E-state index contributed by atoms with van der Waals surface area (Å²) in [6, 6.07) is 4.65. The van der Waals surface area contributed by atoms with Crippen LogP contribution in [0.3, 0.4) is 0 Å². The van der Waals surface area contributed by atoms with Gasteiger partial charge in [0.1, 0.15) is 5.75 Å². The first-order chi connectivity index (χ1) is 5.59. The molecule has 0 aliphatic carbocycles. The highest BCUT2D eigenvalue weighted by Crippen LogP contribution is 2.26. The first kappa shape index (κ1) is 9.45. The Kier molecular flexibility index (Phi) is 3.03. The van der Waals surface area contributed by atoms with Crippen LogP contribution in [0.4, 0.5) is 8.78 Å². The summed E-state index contributed by atoms with van der Waals surface area (Å²) >= 11 is 3.08. The van der Waals surface area contributed by atoms with E-state index in [-0.39, 0.29) is 5.75 Å². The van der Waals surface area contributed by atoms with E-state index in [9.17, 15) is 8.78 Å². The largest absolute Gasteiger partial charge is 0.434 e. The van der Waals surface area contributed by atoms with Crippen LogP contribution in [0.1, 0.15) is 5.56 Å². The van der Waals surface area contributed by atoms with Gasteiger partial charge in [-0.2, -0.15) is 8.78 Å². The number of halogens is 3. The molecule has 0 saturated heterocycles. The lowest BCUT2D eigenvalue weighted by atomic mass is 10.2. The minimum Gasteiger partial charge on any atom is -0.434 e. The lowest BCUT2D eigenvalue weighted by Crippen LogP contribution is -2.02. The summed E-state index contributed by atoms with van der Waals surface area (Å²) in [5, 5.41) is 0. The van der Waals surface area contributed by atoms with E-state index in [1.165, 1.54) is 6.07 Å². The molecule has 65 valence electrons. The van der Waals surface area contributed by atoms with Crippen LogP contribution < -0.4 is 4.74 Å². The zero-order chi connectivity index (χ0) is 9.14. The average Bonchev–Trinajstić information content (AvgIpc) is 1.94. The highest BCUT2D eigenvalue weighted by Gasteiger charge is 2.07. The van der Waals surface area contributed by atoms with Crippen LogP contribution in [0.25, 0.3) is 0 Å². The standard InChI is InChI=1S/C8H6BrF2O/c1-5-2-3-7(6(9)4-5)12-8(10)11/h2-4,8H,1H2. The van der Waals surface area contributed by atoms with Gasteiger partial charge in [-0.3, -0.25) is 0 Å². The maximum absolute atomic E-state index is 11.7. The third kappa shape index (κ3) is 2.44. The summed E-state index contributed by atoms with van der Waals surface area (Å²) in [5.41, 5.74) is 0.739. The molecule has 0 bridgehead atoms. The zero-order valence-electron chi connectivity index (χ0n) is 6.06. The molecule has 0 spiro atoms. The van der Waals surface area contributed by atoms with Gasteiger partial charge in [0, 0.05) is 0 Å². The van der Waals surface area contributed by atoms with E-state index in [1.807, 2.05) is 0 Å². The van der Waals surface area contributed by atoms with Gasteiger partial charge in [-0.1, -0.05) is 6.07 Å². The van der Waals surface area contributed by atoms with E-state index in [4.69, 9.17) is 0 Å². The van der Waals surface area contributed by atoms with Crippen molar-refractivity contribution in [2.75, 3.05) is 0 Å². The molecular formula is C8H6BrF2O. The normalized spacial score (nSPS) is 10.4. The summed E-state index contributed by atoms with van der Waals surface area (Å²) in [4.78, 5) is 0. The highest BCUT2D eigenvalue weighted by atomic mass is 79.9. The van der Waals surface area contributed by atoms with Crippen molar-refractivity contribution in [2.24, 2.45) is 0 Å². The second-order valence-electron chi connectivity index (χ2n) is 2.14. The molecule has 1 radical (unpaired) electrons. The quantitative estimate of drug-likeness (QED) is 0.765. The fourth-order valence-corrected chi connectivity index (χ4v) is 1.26. The first-order valence-corrected chi connectivity index (χ1v) is 3.95. The Balaban J connectivity index is 2.86. The number of hydrogen-bond acceptors (Lipinski definition) is 1. The van der Waals surface area contributed by atoms with Crippen molar-refractivity contribution in [3.8, 4) is 5.75 Å². The van der Waals surface area contributed by atoms with Crippen molar-refractivity contribution in [3.63, 3.8) is 0 Å². The van der Waals surface area contributed by atoms with Crippen molar-refractivity contribution < 1.29 is 13.5 Å². The second kappa shape index (κ2) is 3.85. The van der Waals surface area contributed by atoms with Gasteiger partial charge in [0.2, 0.25) is 0 Å². The third-order valence-corrected chi connectivity index (χ3v) is 1.83. The molecule has 0 N–H and O–H groups in total. The summed E-state index contributed by atoms with van der Waals surface area (Å²) in [6.45, 7) is 0.834. The Bertz CT molecular complexity index is 276. The van der Waals surface area contributed by atoms with Crippen molar-refractivity contribution >= 4 is 15.9 Å². The molecule has 12 heavy (non-hydrogen) atoms. The fraction of sp³-hybridized carbons (Fsp3) is 0.125. The predicted octanol–water partition coefficient (Wildman–Crippen LogP) is 3.23. The number of rotatable bonds is 2. The van der Waals surface area contributed by atoms with E-state index in [2.05, 4.69) is 27.6 Å². The van der Waals surface area contributed by atoms with Crippen LogP contribution in [0, 0.1) is 6.92 Å². The van der Waals surface area contributed by atoms with Crippen LogP contribution in [0.5, 0.6) is 5.75 Å². The van der Waals surface area contributed by atoms with E-state index in [0.717, 1.165) is 5.56 Å². The number of ether oxygens (including phenoxy) is 1.